The molecule has 0 heterocycles. The van der Waals surface area contributed by atoms with Gasteiger partial charge in [-0.05, 0) is 36.4 Å². The highest BCUT2D eigenvalue weighted by atomic mass is 32.2. The third-order valence-corrected chi connectivity index (χ3v) is 5.64. The Bertz CT molecular complexity index is 816. The SMILES string of the molecule is CCN(CC)S(=O)(=O)c1ccc(NC(=O)c2ccccc2F)cc1. The molecule has 5 nitrogen and oxygen atoms in total. The van der Waals surface area contributed by atoms with E-state index < -0.39 is 21.7 Å². The van der Waals surface area contributed by atoms with Crippen molar-refractivity contribution in [3.63, 3.8) is 0 Å². The highest BCUT2D eigenvalue weighted by molar-refractivity contribution is 7.89. The minimum Gasteiger partial charge on any atom is -0.322 e. The van der Waals surface area contributed by atoms with E-state index in [1.807, 2.05) is 0 Å². The van der Waals surface area contributed by atoms with Crippen LogP contribution in [0.25, 0.3) is 0 Å². The maximum absolute atomic E-state index is 13.6. The second-order valence-electron chi connectivity index (χ2n) is 5.05. The van der Waals surface area contributed by atoms with Gasteiger partial charge in [0.1, 0.15) is 5.82 Å². The number of nitrogens with zero attached hydrogens (tertiary/aromatic N) is 1. The van der Waals surface area contributed by atoms with Gasteiger partial charge in [0, 0.05) is 18.8 Å². The van der Waals surface area contributed by atoms with Crippen molar-refractivity contribution in [1.29, 1.82) is 0 Å². The molecule has 128 valence electrons. The first kappa shape index (κ1) is 18.1. The number of sulfonamides is 1. The number of carbonyl (C=O) groups is 1. The van der Waals surface area contributed by atoms with Crippen LogP contribution in [-0.2, 0) is 10.0 Å². The molecule has 2 aromatic rings. The van der Waals surface area contributed by atoms with Crippen molar-refractivity contribution in [1.82, 2.24) is 4.31 Å². The fourth-order valence-corrected chi connectivity index (χ4v) is 3.72. The van der Waals surface area contributed by atoms with Crippen molar-refractivity contribution >= 4 is 21.6 Å². The van der Waals surface area contributed by atoms with Crippen LogP contribution in [0.4, 0.5) is 10.1 Å². The molecule has 2 rings (SSSR count). The van der Waals surface area contributed by atoms with Crippen molar-refractivity contribution in [3.8, 4) is 0 Å². The van der Waals surface area contributed by atoms with Crippen molar-refractivity contribution in [3.05, 3.63) is 59.9 Å². The Morgan fingerprint density at radius 3 is 2.17 bits per heavy atom. The monoisotopic (exact) mass is 350 g/mol. The van der Waals surface area contributed by atoms with Gasteiger partial charge in [-0.1, -0.05) is 26.0 Å². The number of hydrogen-bond acceptors (Lipinski definition) is 3. The van der Waals surface area contributed by atoms with Crippen LogP contribution in [0.3, 0.4) is 0 Å². The first-order valence-electron chi connectivity index (χ1n) is 7.56. The zero-order valence-corrected chi connectivity index (χ0v) is 14.3. The quantitative estimate of drug-likeness (QED) is 0.870. The van der Waals surface area contributed by atoms with Crippen LogP contribution in [-0.4, -0.2) is 31.7 Å². The predicted molar refractivity (Wildman–Crippen MR) is 90.9 cm³/mol. The van der Waals surface area contributed by atoms with Gasteiger partial charge in [0.15, 0.2) is 0 Å². The average molecular weight is 350 g/mol. The van der Waals surface area contributed by atoms with E-state index in [1.165, 1.54) is 46.8 Å². The lowest BCUT2D eigenvalue weighted by atomic mass is 10.2. The molecule has 0 saturated heterocycles. The Morgan fingerprint density at radius 1 is 1.04 bits per heavy atom. The molecule has 7 heteroatoms. The summed E-state index contributed by atoms with van der Waals surface area (Å²) in [5, 5.41) is 2.55. The Kier molecular flexibility index (Phi) is 5.69. The number of amides is 1. The van der Waals surface area contributed by atoms with E-state index in [9.17, 15) is 17.6 Å². The van der Waals surface area contributed by atoms with E-state index >= 15 is 0 Å². The smallest absolute Gasteiger partial charge is 0.258 e. The maximum atomic E-state index is 13.6. The number of hydrogen-bond donors (Lipinski definition) is 1. The Labute approximate surface area is 141 Å². The molecule has 0 bridgehead atoms. The van der Waals surface area contributed by atoms with Gasteiger partial charge in [-0.15, -0.1) is 0 Å². The molecule has 0 aromatic heterocycles. The standard InChI is InChI=1S/C17H19FN2O3S/c1-3-20(4-2)24(22,23)14-11-9-13(10-12-14)19-17(21)15-7-5-6-8-16(15)18/h5-12H,3-4H2,1-2H3,(H,19,21). The summed E-state index contributed by atoms with van der Waals surface area (Å²) in [4.78, 5) is 12.2. The molecule has 0 aliphatic rings. The molecule has 1 amide bonds. The average Bonchev–Trinajstić information content (AvgIpc) is 2.56. The van der Waals surface area contributed by atoms with Crippen LogP contribution in [0.2, 0.25) is 0 Å². The summed E-state index contributed by atoms with van der Waals surface area (Å²) < 4.78 is 39.7. The summed E-state index contributed by atoms with van der Waals surface area (Å²) in [5.74, 6) is -1.21. The topological polar surface area (TPSA) is 66.5 Å². The molecule has 24 heavy (non-hydrogen) atoms. The zero-order chi connectivity index (χ0) is 17.7. The largest absolute Gasteiger partial charge is 0.322 e. The van der Waals surface area contributed by atoms with Crippen molar-refractivity contribution in [2.24, 2.45) is 0 Å². The molecule has 0 aliphatic carbocycles. The van der Waals surface area contributed by atoms with Gasteiger partial charge in [-0.3, -0.25) is 4.79 Å². The molecule has 0 saturated carbocycles. The van der Waals surface area contributed by atoms with Gasteiger partial charge in [-0.25, -0.2) is 12.8 Å². The molecule has 0 fully saturated rings. The highest BCUT2D eigenvalue weighted by Crippen LogP contribution is 2.19. The van der Waals surface area contributed by atoms with Crippen molar-refractivity contribution in [2.75, 3.05) is 18.4 Å². The van der Waals surface area contributed by atoms with Crippen molar-refractivity contribution in [2.45, 2.75) is 18.7 Å². The van der Waals surface area contributed by atoms with Crippen LogP contribution in [0.15, 0.2) is 53.4 Å². The van der Waals surface area contributed by atoms with E-state index in [2.05, 4.69) is 5.32 Å². The molecular formula is C17H19FN2O3S. The normalized spacial score (nSPS) is 11.5. The molecule has 0 spiro atoms. The summed E-state index contributed by atoms with van der Waals surface area (Å²) in [6.07, 6.45) is 0. The number of anilines is 1. The molecule has 0 atom stereocenters. The second kappa shape index (κ2) is 7.55. The highest BCUT2D eigenvalue weighted by Gasteiger charge is 2.21. The summed E-state index contributed by atoms with van der Waals surface area (Å²) in [7, 11) is -3.54. The molecule has 1 N–H and O–H groups in total. The van der Waals surface area contributed by atoms with E-state index in [4.69, 9.17) is 0 Å². The lowest BCUT2D eigenvalue weighted by Gasteiger charge is -2.18. The van der Waals surface area contributed by atoms with E-state index in [0.717, 1.165) is 0 Å². The van der Waals surface area contributed by atoms with Gasteiger partial charge < -0.3 is 5.32 Å². The first-order chi connectivity index (χ1) is 11.4. The van der Waals surface area contributed by atoms with Gasteiger partial charge in [0.2, 0.25) is 10.0 Å². The number of rotatable bonds is 6. The van der Waals surface area contributed by atoms with Gasteiger partial charge in [0.05, 0.1) is 10.5 Å². The molecule has 0 unspecified atom stereocenters. The van der Waals surface area contributed by atoms with Gasteiger partial charge >= 0.3 is 0 Å². The third-order valence-electron chi connectivity index (χ3n) is 3.57. The summed E-state index contributed by atoms with van der Waals surface area (Å²) in [6, 6.07) is 11.5. The summed E-state index contributed by atoms with van der Waals surface area (Å²) >= 11 is 0. The van der Waals surface area contributed by atoms with E-state index in [1.54, 1.807) is 19.9 Å². The van der Waals surface area contributed by atoms with Crippen LogP contribution in [0, 0.1) is 5.82 Å². The lowest BCUT2D eigenvalue weighted by Crippen LogP contribution is -2.30. The number of nitrogens with one attached hydrogen (secondary N) is 1. The third kappa shape index (κ3) is 3.80. The fourth-order valence-electron chi connectivity index (χ4n) is 2.27. The summed E-state index contributed by atoms with van der Waals surface area (Å²) in [6.45, 7) is 4.29. The first-order valence-corrected chi connectivity index (χ1v) is 9.00. The minimum atomic E-state index is -3.54. The van der Waals surface area contributed by atoms with E-state index in [-0.39, 0.29) is 10.5 Å². The predicted octanol–water partition coefficient (Wildman–Crippen LogP) is 3.11. The maximum Gasteiger partial charge on any atom is 0.258 e. The lowest BCUT2D eigenvalue weighted by molar-refractivity contribution is 0.102. The van der Waals surface area contributed by atoms with Gasteiger partial charge in [0.25, 0.3) is 5.91 Å². The van der Waals surface area contributed by atoms with E-state index in [0.29, 0.717) is 18.8 Å². The number of carbonyl (C=O) groups excluding carboxylic acids is 1. The van der Waals surface area contributed by atoms with Crippen LogP contribution in [0.5, 0.6) is 0 Å². The molecule has 2 aromatic carbocycles. The summed E-state index contributed by atoms with van der Waals surface area (Å²) in [5.41, 5.74) is 0.319. The number of halogens is 1. The molecular weight excluding hydrogens is 331 g/mol. The molecule has 0 aliphatic heterocycles. The second-order valence-corrected chi connectivity index (χ2v) is 6.99. The van der Waals surface area contributed by atoms with Crippen molar-refractivity contribution < 1.29 is 17.6 Å². The van der Waals surface area contributed by atoms with Gasteiger partial charge in [-0.2, -0.15) is 4.31 Å². The van der Waals surface area contributed by atoms with Crippen LogP contribution in [0.1, 0.15) is 24.2 Å². The Morgan fingerprint density at radius 2 is 1.62 bits per heavy atom. The minimum absolute atomic E-state index is 0.0719. The Balaban J connectivity index is 2.18. The zero-order valence-electron chi connectivity index (χ0n) is 13.5. The Hall–Kier alpha value is -2.25. The molecule has 0 radical (unpaired) electrons. The van der Waals surface area contributed by atoms with Crippen LogP contribution >= 0.6 is 0 Å². The fraction of sp³-hybridized carbons (Fsp3) is 0.235. The van der Waals surface area contributed by atoms with Crippen LogP contribution < -0.4 is 5.32 Å². The number of benzene rings is 2.